The third-order valence-electron chi connectivity index (χ3n) is 4.76. The van der Waals surface area contributed by atoms with Gasteiger partial charge in [-0.25, -0.2) is 0 Å². The van der Waals surface area contributed by atoms with E-state index in [1.165, 1.54) is 0 Å². The molecule has 2 aromatic heterocycles. The van der Waals surface area contributed by atoms with Gasteiger partial charge in [0.15, 0.2) is 0 Å². The van der Waals surface area contributed by atoms with E-state index in [0.29, 0.717) is 27.5 Å². The number of ketones is 1. The Labute approximate surface area is 177 Å². The third kappa shape index (κ3) is 3.49. The van der Waals surface area contributed by atoms with E-state index in [1.54, 1.807) is 84.4 Å². The van der Waals surface area contributed by atoms with E-state index in [1.807, 2.05) is 0 Å². The Balaban J connectivity index is 1.79. The van der Waals surface area contributed by atoms with Crippen LogP contribution in [0.2, 0.25) is 5.02 Å². The highest BCUT2D eigenvalue weighted by molar-refractivity contribution is 6.30. The molecule has 2 heterocycles. The molecule has 0 saturated heterocycles. The van der Waals surface area contributed by atoms with Crippen LogP contribution in [0.5, 0.6) is 5.75 Å². The van der Waals surface area contributed by atoms with Crippen LogP contribution in [0.25, 0.3) is 5.52 Å². The summed E-state index contributed by atoms with van der Waals surface area (Å²) >= 11 is 5.93. The van der Waals surface area contributed by atoms with Gasteiger partial charge in [-0.2, -0.15) is 0 Å². The minimum Gasteiger partial charge on any atom is -0.497 e. The number of nitrogens with one attached hydrogen (secondary N) is 1. The summed E-state index contributed by atoms with van der Waals surface area (Å²) < 4.78 is 6.83. The minimum absolute atomic E-state index is 0.113. The van der Waals surface area contributed by atoms with Crippen LogP contribution in [0, 0.1) is 0 Å². The van der Waals surface area contributed by atoms with E-state index >= 15 is 0 Å². The summed E-state index contributed by atoms with van der Waals surface area (Å²) in [6.45, 7) is 0. The first-order valence-corrected chi connectivity index (χ1v) is 9.51. The lowest BCUT2D eigenvalue weighted by Gasteiger charge is -2.07. The second kappa shape index (κ2) is 7.93. The van der Waals surface area contributed by atoms with Crippen LogP contribution >= 0.6 is 11.6 Å². The van der Waals surface area contributed by atoms with Crippen molar-refractivity contribution in [2.75, 3.05) is 18.2 Å². The van der Waals surface area contributed by atoms with Crippen molar-refractivity contribution in [1.29, 1.82) is 0 Å². The SMILES string of the molecule is COc1cccc(NC(=O)c2c(N)c(C(=O)c3ccc(Cl)cc3)n3ccccc23)c1. The minimum atomic E-state index is -0.417. The smallest absolute Gasteiger partial charge is 0.259 e. The number of aromatic nitrogens is 1. The van der Waals surface area contributed by atoms with E-state index in [9.17, 15) is 9.59 Å². The molecule has 4 rings (SSSR count). The van der Waals surface area contributed by atoms with Crippen molar-refractivity contribution >= 4 is 40.2 Å². The highest BCUT2D eigenvalue weighted by atomic mass is 35.5. The molecule has 0 aliphatic heterocycles. The molecule has 2 aromatic carbocycles. The highest BCUT2D eigenvalue weighted by Crippen LogP contribution is 2.30. The van der Waals surface area contributed by atoms with Crippen LogP contribution in [0.15, 0.2) is 72.9 Å². The molecule has 0 unspecified atom stereocenters. The molecule has 150 valence electrons. The summed E-state index contributed by atoms with van der Waals surface area (Å²) in [5.74, 6) is -0.105. The molecule has 0 spiro atoms. The second-order valence-electron chi connectivity index (χ2n) is 6.62. The van der Waals surface area contributed by atoms with Gasteiger partial charge in [-0.3, -0.25) is 9.59 Å². The van der Waals surface area contributed by atoms with E-state index < -0.39 is 5.91 Å². The first-order valence-electron chi connectivity index (χ1n) is 9.14. The first kappa shape index (κ1) is 19.5. The number of benzene rings is 2. The van der Waals surface area contributed by atoms with Gasteiger partial charge in [-0.05, 0) is 48.5 Å². The van der Waals surface area contributed by atoms with Gasteiger partial charge < -0.3 is 20.2 Å². The second-order valence-corrected chi connectivity index (χ2v) is 7.05. The summed E-state index contributed by atoms with van der Waals surface area (Å²) in [6, 6.07) is 18.8. The van der Waals surface area contributed by atoms with Gasteiger partial charge >= 0.3 is 0 Å². The number of pyridine rings is 1. The number of carbonyl (C=O) groups excluding carboxylic acids is 2. The molecule has 3 N–H and O–H groups in total. The highest BCUT2D eigenvalue weighted by Gasteiger charge is 2.26. The van der Waals surface area contributed by atoms with Gasteiger partial charge in [0.25, 0.3) is 5.91 Å². The number of nitrogens with two attached hydrogens (primary N) is 1. The summed E-state index contributed by atoms with van der Waals surface area (Å²) in [5.41, 5.74) is 8.43. The Kier molecular flexibility index (Phi) is 5.16. The van der Waals surface area contributed by atoms with Crippen molar-refractivity contribution in [3.63, 3.8) is 0 Å². The number of fused-ring (bicyclic) bond motifs is 1. The number of ether oxygens (including phenoxy) is 1. The van der Waals surface area contributed by atoms with Crippen molar-refractivity contribution in [2.24, 2.45) is 0 Å². The monoisotopic (exact) mass is 419 g/mol. The Bertz CT molecular complexity index is 1260. The van der Waals surface area contributed by atoms with Crippen molar-refractivity contribution in [3.8, 4) is 5.75 Å². The number of amides is 1. The normalized spacial score (nSPS) is 10.7. The first-order chi connectivity index (χ1) is 14.5. The van der Waals surface area contributed by atoms with Crippen LogP contribution in [0.3, 0.4) is 0 Å². The average Bonchev–Trinajstić information content (AvgIpc) is 3.05. The number of rotatable bonds is 5. The number of anilines is 2. The summed E-state index contributed by atoms with van der Waals surface area (Å²) in [5, 5.41) is 3.35. The van der Waals surface area contributed by atoms with Crippen LogP contribution in [0.1, 0.15) is 26.4 Å². The average molecular weight is 420 g/mol. The van der Waals surface area contributed by atoms with E-state index in [-0.39, 0.29) is 22.7 Å². The molecule has 4 aromatic rings. The van der Waals surface area contributed by atoms with Crippen LogP contribution in [0.4, 0.5) is 11.4 Å². The van der Waals surface area contributed by atoms with Gasteiger partial charge in [-0.1, -0.05) is 23.7 Å². The lowest BCUT2D eigenvalue weighted by atomic mass is 10.1. The molecule has 0 bridgehead atoms. The van der Waals surface area contributed by atoms with Crippen molar-refractivity contribution in [2.45, 2.75) is 0 Å². The third-order valence-corrected chi connectivity index (χ3v) is 5.01. The van der Waals surface area contributed by atoms with Gasteiger partial charge in [0.05, 0.1) is 23.9 Å². The predicted octanol–water partition coefficient (Wildman–Crippen LogP) is 4.67. The summed E-state index contributed by atoms with van der Waals surface area (Å²) in [6.07, 6.45) is 1.71. The molecule has 1 amide bonds. The Morgan fingerprint density at radius 1 is 1.03 bits per heavy atom. The maximum absolute atomic E-state index is 13.2. The van der Waals surface area contributed by atoms with Crippen molar-refractivity contribution < 1.29 is 14.3 Å². The largest absolute Gasteiger partial charge is 0.497 e. The Morgan fingerprint density at radius 2 is 1.80 bits per heavy atom. The fourth-order valence-corrected chi connectivity index (χ4v) is 3.46. The maximum Gasteiger partial charge on any atom is 0.259 e. The topological polar surface area (TPSA) is 85.8 Å². The fraction of sp³-hybridized carbons (Fsp3) is 0.0435. The molecule has 7 heteroatoms. The van der Waals surface area contributed by atoms with Crippen molar-refractivity contribution in [1.82, 2.24) is 4.40 Å². The summed E-state index contributed by atoms with van der Waals surface area (Å²) in [4.78, 5) is 26.3. The quantitative estimate of drug-likeness (QED) is 0.460. The molecular weight excluding hydrogens is 402 g/mol. The number of hydrogen-bond donors (Lipinski definition) is 2. The Morgan fingerprint density at radius 3 is 2.53 bits per heavy atom. The van der Waals surface area contributed by atoms with E-state index in [2.05, 4.69) is 5.32 Å². The number of halogens is 1. The van der Waals surface area contributed by atoms with Crippen LogP contribution < -0.4 is 15.8 Å². The molecule has 0 fully saturated rings. The molecule has 0 saturated carbocycles. The van der Waals surface area contributed by atoms with Crippen LogP contribution in [-0.4, -0.2) is 23.2 Å². The fourth-order valence-electron chi connectivity index (χ4n) is 3.33. The van der Waals surface area contributed by atoms with Gasteiger partial charge in [0.1, 0.15) is 11.4 Å². The van der Waals surface area contributed by atoms with E-state index in [4.69, 9.17) is 22.1 Å². The van der Waals surface area contributed by atoms with Gasteiger partial charge in [0.2, 0.25) is 5.78 Å². The van der Waals surface area contributed by atoms with Gasteiger partial charge in [-0.15, -0.1) is 0 Å². The zero-order valence-electron chi connectivity index (χ0n) is 16.1. The zero-order valence-corrected chi connectivity index (χ0v) is 16.8. The number of nitrogen functional groups attached to an aromatic ring is 1. The molecule has 0 aliphatic rings. The molecule has 0 aliphatic carbocycles. The Hall–Kier alpha value is -3.77. The van der Waals surface area contributed by atoms with Gasteiger partial charge in [0, 0.05) is 28.5 Å². The zero-order chi connectivity index (χ0) is 21.3. The molecular formula is C23H18ClN3O3. The maximum atomic E-state index is 13.2. The number of carbonyl (C=O) groups is 2. The molecule has 0 atom stereocenters. The lowest BCUT2D eigenvalue weighted by Crippen LogP contribution is -2.14. The molecule has 0 radical (unpaired) electrons. The number of nitrogens with zero attached hydrogens (tertiary/aromatic N) is 1. The molecule has 6 nitrogen and oxygen atoms in total. The van der Waals surface area contributed by atoms with Crippen LogP contribution in [-0.2, 0) is 0 Å². The predicted molar refractivity (Wildman–Crippen MR) is 118 cm³/mol. The van der Waals surface area contributed by atoms with E-state index in [0.717, 1.165) is 0 Å². The number of methoxy groups -OCH3 is 1. The lowest BCUT2D eigenvalue weighted by molar-refractivity contribution is 0.102. The standard InChI is InChI=1S/C23H18ClN3O3/c1-30-17-6-4-5-16(13-17)26-23(29)19-18-7-2-3-12-27(18)21(20(19)25)22(28)14-8-10-15(24)11-9-14/h2-13H,25H2,1H3,(H,26,29). The summed E-state index contributed by atoms with van der Waals surface area (Å²) in [7, 11) is 1.55. The molecule has 30 heavy (non-hydrogen) atoms. The number of hydrogen-bond acceptors (Lipinski definition) is 4. The van der Waals surface area contributed by atoms with Crippen molar-refractivity contribution in [3.05, 3.63) is 94.8 Å².